The largest absolute Gasteiger partial charge is 0.356 e. The molecule has 19 heavy (non-hydrogen) atoms. The van der Waals surface area contributed by atoms with Crippen LogP contribution in [-0.2, 0) is 0 Å². The molecule has 1 heterocycles. The fourth-order valence-corrected chi connectivity index (χ4v) is 2.25. The Balaban J connectivity index is 2.62. The monoisotopic (exact) mass is 256 g/mol. The zero-order valence-electron chi connectivity index (χ0n) is 12.8. The van der Waals surface area contributed by atoms with Gasteiger partial charge in [0.25, 0.3) is 0 Å². The van der Waals surface area contributed by atoms with Crippen LogP contribution in [0, 0.1) is 10.8 Å². The molecule has 0 aliphatic carbocycles. The summed E-state index contributed by atoms with van der Waals surface area (Å²) in [6, 6.07) is 8.20. The molecule has 1 aromatic carbocycles. The third kappa shape index (κ3) is 2.89. The van der Waals surface area contributed by atoms with Crippen molar-refractivity contribution in [3.63, 3.8) is 0 Å². The predicted octanol–water partition coefficient (Wildman–Crippen LogP) is 5.16. The molecule has 0 bridgehead atoms. The molecule has 0 spiro atoms. The van der Waals surface area contributed by atoms with Gasteiger partial charge in [-0.2, -0.15) is 0 Å². The Morgan fingerprint density at radius 3 is 2.11 bits per heavy atom. The van der Waals surface area contributed by atoms with Gasteiger partial charge in [0.15, 0.2) is 0 Å². The van der Waals surface area contributed by atoms with Gasteiger partial charge in [0.2, 0.25) is 0 Å². The molecular formula is C17H24N2. The first-order valence-corrected chi connectivity index (χ1v) is 6.85. The van der Waals surface area contributed by atoms with E-state index in [1.54, 1.807) is 0 Å². The second-order valence-electron chi connectivity index (χ2n) is 7.19. The Morgan fingerprint density at radius 1 is 0.895 bits per heavy atom. The molecule has 0 unspecified atom stereocenters. The summed E-state index contributed by atoms with van der Waals surface area (Å²) in [5.74, 6) is 0. The van der Waals surface area contributed by atoms with E-state index in [0.717, 1.165) is 11.4 Å². The van der Waals surface area contributed by atoms with Crippen LogP contribution in [0.15, 0.2) is 40.5 Å². The number of nitrogens with zero attached hydrogens (tertiary/aromatic N) is 1. The molecule has 0 amide bonds. The number of allylic oxidation sites excluding steroid dienone is 2. The first-order valence-electron chi connectivity index (χ1n) is 6.85. The van der Waals surface area contributed by atoms with E-state index in [1.165, 1.54) is 11.3 Å². The molecule has 1 aliphatic rings. The van der Waals surface area contributed by atoms with E-state index in [1.807, 2.05) is 24.4 Å². The average Bonchev–Trinajstić information content (AvgIpc) is 2.46. The summed E-state index contributed by atoms with van der Waals surface area (Å²) in [6.45, 7) is 13.4. The van der Waals surface area contributed by atoms with E-state index in [9.17, 15) is 0 Å². The molecule has 0 fully saturated rings. The smallest absolute Gasteiger partial charge is 0.0864 e. The molecule has 102 valence electrons. The van der Waals surface area contributed by atoms with E-state index in [-0.39, 0.29) is 10.8 Å². The van der Waals surface area contributed by atoms with E-state index < -0.39 is 0 Å². The molecule has 1 N–H and O–H groups in total. The van der Waals surface area contributed by atoms with Crippen molar-refractivity contribution in [3.05, 3.63) is 35.5 Å². The van der Waals surface area contributed by atoms with Gasteiger partial charge in [-0.15, -0.1) is 0 Å². The maximum atomic E-state index is 4.65. The van der Waals surface area contributed by atoms with Crippen molar-refractivity contribution in [1.82, 2.24) is 0 Å². The molecule has 2 rings (SSSR count). The van der Waals surface area contributed by atoms with Crippen molar-refractivity contribution in [2.24, 2.45) is 15.8 Å². The molecule has 0 saturated heterocycles. The number of fused-ring (bicyclic) bond motifs is 1. The van der Waals surface area contributed by atoms with Crippen LogP contribution in [0.3, 0.4) is 0 Å². The van der Waals surface area contributed by atoms with Crippen LogP contribution >= 0.6 is 0 Å². The van der Waals surface area contributed by atoms with Crippen molar-refractivity contribution in [1.29, 1.82) is 0 Å². The maximum Gasteiger partial charge on any atom is 0.0864 e. The lowest BCUT2D eigenvalue weighted by Gasteiger charge is -2.31. The summed E-state index contributed by atoms with van der Waals surface area (Å²) >= 11 is 0. The molecule has 0 saturated carbocycles. The van der Waals surface area contributed by atoms with Crippen molar-refractivity contribution >= 4 is 17.6 Å². The van der Waals surface area contributed by atoms with Crippen molar-refractivity contribution in [3.8, 4) is 0 Å². The number of aliphatic imine (C=N–C) groups is 1. The highest BCUT2D eigenvalue weighted by Crippen LogP contribution is 2.40. The van der Waals surface area contributed by atoms with Gasteiger partial charge in [0.1, 0.15) is 0 Å². The van der Waals surface area contributed by atoms with Crippen molar-refractivity contribution in [2.45, 2.75) is 41.5 Å². The van der Waals surface area contributed by atoms with E-state index in [4.69, 9.17) is 0 Å². The van der Waals surface area contributed by atoms with Gasteiger partial charge in [0.05, 0.1) is 11.4 Å². The number of hydrogen-bond donors (Lipinski definition) is 1. The second-order valence-corrected chi connectivity index (χ2v) is 7.19. The zero-order chi connectivity index (χ0) is 14.3. The van der Waals surface area contributed by atoms with Crippen LogP contribution in [0.5, 0.6) is 0 Å². The van der Waals surface area contributed by atoms with Crippen LogP contribution in [0.4, 0.5) is 11.4 Å². The summed E-state index contributed by atoms with van der Waals surface area (Å²) in [7, 11) is 0. The minimum absolute atomic E-state index is 0.0616. The third-order valence-electron chi connectivity index (χ3n) is 3.32. The SMILES string of the molecule is CC(C)(C)C1=C(C(C)(C)C)Nc2ccccc2N=C1. The second kappa shape index (κ2) is 4.52. The summed E-state index contributed by atoms with van der Waals surface area (Å²) < 4.78 is 0. The molecule has 2 heteroatoms. The minimum Gasteiger partial charge on any atom is -0.356 e. The fraction of sp³-hybridized carbons (Fsp3) is 0.471. The highest BCUT2D eigenvalue weighted by molar-refractivity contribution is 5.89. The highest BCUT2D eigenvalue weighted by atomic mass is 15.0. The molecule has 0 aromatic heterocycles. The molecular weight excluding hydrogens is 232 g/mol. The Hall–Kier alpha value is -1.57. The average molecular weight is 256 g/mol. The van der Waals surface area contributed by atoms with E-state index >= 15 is 0 Å². The summed E-state index contributed by atoms with van der Waals surface area (Å²) in [6.07, 6.45) is 2.03. The number of rotatable bonds is 0. The van der Waals surface area contributed by atoms with Crippen LogP contribution < -0.4 is 5.32 Å². The zero-order valence-corrected chi connectivity index (χ0v) is 12.8. The quantitative estimate of drug-likeness (QED) is 0.681. The van der Waals surface area contributed by atoms with Crippen molar-refractivity contribution < 1.29 is 0 Å². The van der Waals surface area contributed by atoms with Gasteiger partial charge in [-0.3, -0.25) is 4.99 Å². The molecule has 0 radical (unpaired) electrons. The fourth-order valence-electron chi connectivity index (χ4n) is 2.25. The first kappa shape index (κ1) is 13.9. The van der Waals surface area contributed by atoms with Crippen molar-refractivity contribution in [2.75, 3.05) is 5.32 Å². The number of hydrogen-bond acceptors (Lipinski definition) is 2. The van der Waals surface area contributed by atoms with Gasteiger partial charge < -0.3 is 5.32 Å². The van der Waals surface area contributed by atoms with Gasteiger partial charge in [-0.1, -0.05) is 53.7 Å². The van der Waals surface area contributed by atoms with Gasteiger partial charge >= 0.3 is 0 Å². The first-order chi connectivity index (χ1) is 8.69. The Bertz CT molecular complexity index is 537. The predicted molar refractivity (Wildman–Crippen MR) is 84.2 cm³/mol. The lowest BCUT2D eigenvalue weighted by molar-refractivity contribution is 0.463. The summed E-state index contributed by atoms with van der Waals surface area (Å²) in [5, 5.41) is 3.61. The topological polar surface area (TPSA) is 24.4 Å². The van der Waals surface area contributed by atoms with Crippen LogP contribution in [-0.4, -0.2) is 6.21 Å². The Kier molecular flexibility index (Phi) is 3.29. The third-order valence-corrected chi connectivity index (χ3v) is 3.32. The minimum atomic E-state index is 0.0616. The standard InChI is InChI=1S/C17H24N2/c1-16(2,3)12-11-18-13-9-7-8-10-14(13)19-15(12)17(4,5)6/h7-11,19H,1-6H3. The van der Waals surface area contributed by atoms with E-state index in [2.05, 4.69) is 57.9 Å². The highest BCUT2D eigenvalue weighted by Gasteiger charge is 2.29. The van der Waals surface area contributed by atoms with Crippen LogP contribution in [0.25, 0.3) is 0 Å². The number of anilines is 1. The number of benzene rings is 1. The van der Waals surface area contributed by atoms with Gasteiger partial charge in [-0.05, 0) is 23.1 Å². The summed E-state index contributed by atoms with van der Waals surface area (Å²) in [4.78, 5) is 4.65. The molecule has 1 aliphatic heterocycles. The molecule has 1 aromatic rings. The van der Waals surface area contributed by atoms with Crippen LogP contribution in [0.2, 0.25) is 0 Å². The lowest BCUT2D eigenvalue weighted by Crippen LogP contribution is -2.24. The van der Waals surface area contributed by atoms with Gasteiger partial charge in [0, 0.05) is 17.3 Å². The normalized spacial score (nSPS) is 15.9. The van der Waals surface area contributed by atoms with Gasteiger partial charge in [-0.25, -0.2) is 0 Å². The molecule has 0 atom stereocenters. The molecule has 2 nitrogen and oxygen atoms in total. The van der Waals surface area contributed by atoms with E-state index in [0.29, 0.717) is 0 Å². The lowest BCUT2D eigenvalue weighted by atomic mass is 9.79. The maximum absolute atomic E-state index is 4.65. The van der Waals surface area contributed by atoms with Crippen LogP contribution in [0.1, 0.15) is 41.5 Å². The Labute approximate surface area is 116 Å². The summed E-state index contributed by atoms with van der Waals surface area (Å²) in [5.41, 5.74) is 4.75. The number of para-hydroxylation sites is 2. The number of nitrogens with one attached hydrogen (secondary N) is 1. The Morgan fingerprint density at radius 2 is 1.53 bits per heavy atom.